The van der Waals surface area contributed by atoms with Gasteiger partial charge in [-0.2, -0.15) is 5.10 Å². The number of rotatable bonds is 11. The lowest BCUT2D eigenvalue weighted by atomic mass is 9.98. The van der Waals surface area contributed by atoms with Gasteiger partial charge < -0.3 is 24.4 Å². The normalized spacial score (nSPS) is 12.9. The summed E-state index contributed by atoms with van der Waals surface area (Å²) in [5.74, 6) is 0.140. The molecule has 2 N–H and O–H groups in total. The Morgan fingerprint density at radius 2 is 1.72 bits per heavy atom. The molecule has 1 heterocycles. The Morgan fingerprint density at radius 1 is 1.03 bits per heavy atom. The summed E-state index contributed by atoms with van der Waals surface area (Å²) in [6.07, 6.45) is 1.55. The highest BCUT2D eigenvalue weighted by Gasteiger charge is 2.30. The maximum absolute atomic E-state index is 12.1. The standard InChI is InChI=1S/C28H30N2O6/c1-18-23(34-2)14-21(15-24(18)35-3)27(25(17-31)36-13-12-19-8-5-4-6-9-19)30-26-20(16-29-30)10-7-11-22(26)28(32)33/h4-11,14-16,25,27,31H,12-13,17H2,1-3H3,(H,32,33). The van der Waals surface area contributed by atoms with Crippen molar-refractivity contribution in [1.82, 2.24) is 9.78 Å². The third-order valence-corrected chi connectivity index (χ3v) is 6.33. The topological polar surface area (TPSA) is 103 Å². The van der Waals surface area contributed by atoms with Gasteiger partial charge in [-0.15, -0.1) is 0 Å². The summed E-state index contributed by atoms with van der Waals surface area (Å²) in [5.41, 5.74) is 3.20. The number of hydrogen-bond acceptors (Lipinski definition) is 6. The predicted octanol–water partition coefficient (Wildman–Crippen LogP) is 4.27. The Kier molecular flexibility index (Phi) is 7.87. The number of aromatic nitrogens is 2. The monoisotopic (exact) mass is 490 g/mol. The third kappa shape index (κ3) is 5.05. The van der Waals surface area contributed by atoms with Crippen molar-refractivity contribution in [3.8, 4) is 11.5 Å². The molecule has 0 aliphatic heterocycles. The number of benzene rings is 3. The van der Waals surface area contributed by atoms with Gasteiger partial charge in [-0.25, -0.2) is 4.79 Å². The number of methoxy groups -OCH3 is 2. The first-order valence-corrected chi connectivity index (χ1v) is 11.7. The summed E-state index contributed by atoms with van der Waals surface area (Å²) in [4.78, 5) is 12.1. The number of aliphatic hydroxyl groups excluding tert-OH is 1. The van der Waals surface area contributed by atoms with Gasteiger partial charge in [0.15, 0.2) is 0 Å². The van der Waals surface area contributed by atoms with Crippen molar-refractivity contribution < 1.29 is 29.2 Å². The number of nitrogens with zero attached hydrogens (tertiary/aromatic N) is 2. The van der Waals surface area contributed by atoms with Gasteiger partial charge in [-0.05, 0) is 42.7 Å². The van der Waals surface area contributed by atoms with Crippen molar-refractivity contribution >= 4 is 16.9 Å². The van der Waals surface area contributed by atoms with E-state index in [1.54, 1.807) is 37.2 Å². The molecule has 0 radical (unpaired) electrons. The average Bonchev–Trinajstić information content (AvgIpc) is 3.33. The molecule has 4 aromatic rings. The number of carboxylic acids is 1. The van der Waals surface area contributed by atoms with Gasteiger partial charge in [0, 0.05) is 10.9 Å². The summed E-state index contributed by atoms with van der Waals surface area (Å²) >= 11 is 0. The van der Waals surface area contributed by atoms with Crippen LogP contribution in [0.1, 0.15) is 33.1 Å². The van der Waals surface area contributed by atoms with Gasteiger partial charge in [-0.3, -0.25) is 4.68 Å². The minimum absolute atomic E-state index is 0.113. The minimum atomic E-state index is -1.06. The highest BCUT2D eigenvalue weighted by molar-refractivity contribution is 6.02. The third-order valence-electron chi connectivity index (χ3n) is 6.33. The molecule has 3 aromatic carbocycles. The van der Waals surface area contributed by atoms with E-state index in [9.17, 15) is 15.0 Å². The summed E-state index contributed by atoms with van der Waals surface area (Å²) in [6, 6.07) is 18.0. The number of carbonyl (C=O) groups is 1. The van der Waals surface area contributed by atoms with Crippen LogP contribution in [0.3, 0.4) is 0 Å². The number of ether oxygens (including phenoxy) is 3. The maximum atomic E-state index is 12.1. The van der Waals surface area contributed by atoms with E-state index in [0.29, 0.717) is 41.0 Å². The molecule has 2 atom stereocenters. The van der Waals surface area contributed by atoms with Crippen LogP contribution in [0.5, 0.6) is 11.5 Å². The number of aromatic carboxylic acids is 1. The summed E-state index contributed by atoms with van der Waals surface area (Å²) in [5, 5.41) is 25.6. The first-order valence-electron chi connectivity index (χ1n) is 11.7. The SMILES string of the molecule is COc1cc(C(C(CO)OCCc2ccccc2)n2ncc3cccc(C(=O)O)c32)cc(OC)c1C. The van der Waals surface area contributed by atoms with Crippen LogP contribution in [0.25, 0.3) is 10.9 Å². The number of carboxylic acid groups (broad SMARTS) is 1. The minimum Gasteiger partial charge on any atom is -0.496 e. The van der Waals surface area contributed by atoms with Gasteiger partial charge >= 0.3 is 5.97 Å². The zero-order valence-electron chi connectivity index (χ0n) is 20.5. The fraction of sp³-hybridized carbons (Fsp3) is 0.286. The van der Waals surface area contributed by atoms with Crippen molar-refractivity contribution in [1.29, 1.82) is 0 Å². The Hall–Kier alpha value is -3.88. The van der Waals surface area contributed by atoms with Crippen LogP contribution in [0.15, 0.2) is 66.9 Å². The van der Waals surface area contributed by atoms with Crippen LogP contribution in [0.2, 0.25) is 0 Å². The largest absolute Gasteiger partial charge is 0.496 e. The molecule has 0 fully saturated rings. The van der Waals surface area contributed by atoms with Gasteiger partial charge in [0.05, 0.1) is 44.7 Å². The van der Waals surface area contributed by atoms with Crippen LogP contribution in [0.4, 0.5) is 0 Å². The van der Waals surface area contributed by atoms with Crippen molar-refractivity contribution in [2.45, 2.75) is 25.5 Å². The molecule has 0 saturated carbocycles. The second kappa shape index (κ2) is 11.2. The highest BCUT2D eigenvalue weighted by atomic mass is 16.5. The molecule has 0 bridgehead atoms. The molecule has 2 unspecified atom stereocenters. The van der Waals surface area contributed by atoms with Gasteiger partial charge in [0.2, 0.25) is 0 Å². The number of hydrogen-bond donors (Lipinski definition) is 2. The van der Waals surface area contributed by atoms with Crippen molar-refractivity contribution in [3.63, 3.8) is 0 Å². The zero-order valence-corrected chi connectivity index (χ0v) is 20.5. The fourth-order valence-corrected chi connectivity index (χ4v) is 4.49. The van der Waals surface area contributed by atoms with E-state index in [1.165, 1.54) is 0 Å². The van der Waals surface area contributed by atoms with Crippen molar-refractivity contribution in [2.75, 3.05) is 27.4 Å². The van der Waals surface area contributed by atoms with E-state index < -0.39 is 18.1 Å². The number of aliphatic hydroxyl groups is 1. The first-order chi connectivity index (χ1) is 17.5. The quantitative estimate of drug-likeness (QED) is 0.324. The second-order valence-corrected chi connectivity index (χ2v) is 8.46. The smallest absolute Gasteiger partial charge is 0.337 e. The Labute approximate surface area is 209 Å². The summed E-state index contributed by atoms with van der Waals surface area (Å²) in [7, 11) is 3.15. The van der Waals surface area contributed by atoms with E-state index in [2.05, 4.69) is 5.10 Å². The Balaban J connectivity index is 1.83. The molecule has 8 nitrogen and oxygen atoms in total. The van der Waals surface area contributed by atoms with E-state index >= 15 is 0 Å². The van der Waals surface area contributed by atoms with E-state index in [-0.39, 0.29) is 12.2 Å². The lowest BCUT2D eigenvalue weighted by molar-refractivity contribution is -0.0101. The second-order valence-electron chi connectivity index (χ2n) is 8.46. The predicted molar refractivity (Wildman–Crippen MR) is 136 cm³/mol. The van der Waals surface area contributed by atoms with E-state index in [4.69, 9.17) is 14.2 Å². The molecule has 0 aliphatic carbocycles. The van der Waals surface area contributed by atoms with Crippen LogP contribution >= 0.6 is 0 Å². The highest BCUT2D eigenvalue weighted by Crippen LogP contribution is 2.36. The molecule has 0 amide bonds. The molecule has 0 aliphatic rings. The average molecular weight is 491 g/mol. The molecule has 4 rings (SSSR count). The molecular weight excluding hydrogens is 460 g/mol. The maximum Gasteiger partial charge on any atom is 0.337 e. The van der Waals surface area contributed by atoms with Gasteiger partial charge in [0.25, 0.3) is 0 Å². The molecule has 8 heteroatoms. The van der Waals surface area contributed by atoms with Crippen molar-refractivity contribution in [3.05, 3.63) is 89.1 Å². The summed E-state index contributed by atoms with van der Waals surface area (Å²) < 4.78 is 19.0. The Bertz CT molecular complexity index is 1310. The summed E-state index contributed by atoms with van der Waals surface area (Å²) in [6.45, 7) is 1.94. The number of fused-ring (bicyclic) bond motifs is 1. The van der Waals surface area contributed by atoms with Crippen molar-refractivity contribution in [2.24, 2.45) is 0 Å². The van der Waals surface area contributed by atoms with Crippen LogP contribution in [-0.2, 0) is 11.2 Å². The zero-order chi connectivity index (χ0) is 25.7. The Morgan fingerprint density at radius 3 is 2.33 bits per heavy atom. The van der Waals surface area contributed by atoms with Crippen LogP contribution in [0, 0.1) is 6.92 Å². The van der Waals surface area contributed by atoms with E-state index in [1.807, 2.05) is 55.5 Å². The molecule has 1 aromatic heterocycles. The molecular formula is C28H30N2O6. The van der Waals surface area contributed by atoms with Gasteiger partial charge in [-0.1, -0.05) is 42.5 Å². The molecule has 0 saturated heterocycles. The first kappa shape index (κ1) is 25.2. The molecule has 36 heavy (non-hydrogen) atoms. The van der Waals surface area contributed by atoms with Gasteiger partial charge in [0.1, 0.15) is 23.6 Å². The fourth-order valence-electron chi connectivity index (χ4n) is 4.49. The molecule has 188 valence electrons. The lowest BCUT2D eigenvalue weighted by Crippen LogP contribution is -2.33. The number of para-hydroxylation sites is 1. The lowest BCUT2D eigenvalue weighted by Gasteiger charge is -2.29. The van der Waals surface area contributed by atoms with Crippen LogP contribution < -0.4 is 9.47 Å². The van der Waals surface area contributed by atoms with Crippen LogP contribution in [-0.4, -0.2) is 59.5 Å². The molecule has 0 spiro atoms. The van der Waals surface area contributed by atoms with E-state index in [0.717, 1.165) is 11.1 Å².